The topological polar surface area (TPSA) is 70.2 Å². The van der Waals surface area contributed by atoms with E-state index >= 15 is 0 Å². The highest BCUT2D eigenvalue weighted by Crippen LogP contribution is 2.27. The first-order chi connectivity index (χ1) is 9.60. The van der Waals surface area contributed by atoms with Gasteiger partial charge in [-0.1, -0.05) is 11.6 Å². The van der Waals surface area contributed by atoms with Gasteiger partial charge in [0.05, 0.1) is 17.1 Å². The van der Waals surface area contributed by atoms with Crippen LogP contribution >= 0.6 is 11.6 Å². The highest BCUT2D eigenvalue weighted by atomic mass is 35.5. The third-order valence-electron chi connectivity index (χ3n) is 3.14. The van der Waals surface area contributed by atoms with Crippen molar-refractivity contribution >= 4 is 29.1 Å². The summed E-state index contributed by atoms with van der Waals surface area (Å²) in [5.41, 5.74) is 0.972. The van der Waals surface area contributed by atoms with Crippen LogP contribution in [0.2, 0.25) is 5.02 Å². The van der Waals surface area contributed by atoms with Gasteiger partial charge in [-0.15, -0.1) is 0 Å². The molecule has 1 saturated carbocycles. The summed E-state index contributed by atoms with van der Waals surface area (Å²) >= 11 is 6.01. The van der Waals surface area contributed by atoms with Crippen LogP contribution in [-0.4, -0.2) is 32.0 Å². The molecule has 20 heavy (non-hydrogen) atoms. The van der Waals surface area contributed by atoms with E-state index in [0.29, 0.717) is 16.3 Å². The highest BCUT2D eigenvalue weighted by Gasteiger charge is 2.20. The second kappa shape index (κ2) is 6.72. The van der Waals surface area contributed by atoms with Crippen molar-refractivity contribution in [3.8, 4) is 0 Å². The molecule has 3 N–H and O–H groups in total. The van der Waals surface area contributed by atoms with Crippen LogP contribution < -0.4 is 16.0 Å². The Morgan fingerprint density at radius 2 is 2.10 bits per heavy atom. The lowest BCUT2D eigenvalue weighted by molar-refractivity contribution is -0.115. The van der Waals surface area contributed by atoms with Crippen molar-refractivity contribution in [2.75, 3.05) is 25.5 Å². The van der Waals surface area contributed by atoms with Gasteiger partial charge < -0.3 is 16.0 Å². The summed E-state index contributed by atoms with van der Waals surface area (Å²) in [5.74, 6) is 0.373. The Morgan fingerprint density at radius 3 is 2.70 bits per heavy atom. The number of nitrogens with one attached hydrogen (secondary N) is 3. The van der Waals surface area contributed by atoms with Gasteiger partial charge in [-0.3, -0.25) is 9.59 Å². The molecular weight excluding hydrogens is 278 g/mol. The predicted octanol–water partition coefficient (Wildman–Crippen LogP) is 1.64. The fourth-order valence-electron chi connectivity index (χ4n) is 1.83. The van der Waals surface area contributed by atoms with Gasteiger partial charge in [0.1, 0.15) is 0 Å². The number of hydrogen-bond donors (Lipinski definition) is 3. The molecule has 2 rings (SSSR count). The van der Waals surface area contributed by atoms with Crippen LogP contribution in [0.5, 0.6) is 0 Å². The highest BCUT2D eigenvalue weighted by molar-refractivity contribution is 6.34. The summed E-state index contributed by atoms with van der Waals surface area (Å²) in [6, 6.07) is 4.83. The molecule has 0 aromatic heterocycles. The largest absolute Gasteiger partial charge is 0.355 e. The Kier molecular flexibility index (Phi) is 4.98. The molecule has 5 nitrogen and oxygen atoms in total. The zero-order valence-corrected chi connectivity index (χ0v) is 12.1. The smallest absolute Gasteiger partial charge is 0.252 e. The van der Waals surface area contributed by atoms with Gasteiger partial charge in [0.25, 0.3) is 5.91 Å². The first-order valence-corrected chi connectivity index (χ1v) is 7.00. The average Bonchev–Trinajstić information content (AvgIpc) is 3.22. The monoisotopic (exact) mass is 295 g/mol. The van der Waals surface area contributed by atoms with Gasteiger partial charge in [0, 0.05) is 12.7 Å². The number of halogens is 1. The number of carbonyl (C=O) groups is 2. The van der Waals surface area contributed by atoms with E-state index in [1.54, 1.807) is 25.2 Å². The van der Waals surface area contributed by atoms with Crippen LogP contribution in [-0.2, 0) is 4.79 Å². The van der Waals surface area contributed by atoms with Crippen molar-refractivity contribution in [2.24, 2.45) is 5.92 Å². The summed E-state index contributed by atoms with van der Waals surface area (Å²) in [6.07, 6.45) is 2.51. The molecule has 1 aliphatic rings. The number of carbonyl (C=O) groups excluding carboxylic acids is 2. The number of rotatable bonds is 6. The Labute approximate surface area is 123 Å². The summed E-state index contributed by atoms with van der Waals surface area (Å²) in [7, 11) is 1.54. The van der Waals surface area contributed by atoms with Crippen molar-refractivity contribution in [2.45, 2.75) is 12.8 Å². The maximum absolute atomic E-state index is 11.7. The lowest BCUT2D eigenvalue weighted by atomic mass is 10.2. The van der Waals surface area contributed by atoms with Crippen molar-refractivity contribution in [3.63, 3.8) is 0 Å². The van der Waals surface area contributed by atoms with E-state index in [9.17, 15) is 9.59 Å². The molecule has 0 spiro atoms. The van der Waals surface area contributed by atoms with E-state index in [2.05, 4.69) is 16.0 Å². The Balaban J connectivity index is 1.86. The zero-order chi connectivity index (χ0) is 14.5. The van der Waals surface area contributed by atoms with E-state index in [0.717, 1.165) is 12.5 Å². The van der Waals surface area contributed by atoms with E-state index in [1.165, 1.54) is 12.8 Å². The SMILES string of the molecule is CNC(=O)c1ccc(NC(=O)CNCC2CC2)cc1Cl. The Bertz CT molecular complexity index is 515. The van der Waals surface area contributed by atoms with Crippen LogP contribution in [0, 0.1) is 5.92 Å². The predicted molar refractivity (Wildman–Crippen MR) is 79.1 cm³/mol. The minimum absolute atomic E-state index is 0.116. The fraction of sp³-hybridized carbons (Fsp3) is 0.429. The maximum atomic E-state index is 11.7. The molecular formula is C14H18ClN3O2. The molecule has 1 aromatic carbocycles. The molecule has 0 radical (unpaired) electrons. The fourth-order valence-corrected chi connectivity index (χ4v) is 2.10. The molecule has 0 atom stereocenters. The maximum Gasteiger partial charge on any atom is 0.252 e. The molecule has 0 aliphatic heterocycles. The van der Waals surface area contributed by atoms with Crippen LogP contribution in [0.15, 0.2) is 18.2 Å². The van der Waals surface area contributed by atoms with E-state index in [4.69, 9.17) is 11.6 Å². The molecule has 0 bridgehead atoms. The van der Waals surface area contributed by atoms with Crippen LogP contribution in [0.25, 0.3) is 0 Å². The third-order valence-corrected chi connectivity index (χ3v) is 3.45. The van der Waals surface area contributed by atoms with Gasteiger partial charge >= 0.3 is 0 Å². The van der Waals surface area contributed by atoms with E-state index in [1.807, 2.05) is 0 Å². The second-order valence-electron chi connectivity index (χ2n) is 4.90. The molecule has 1 aliphatic carbocycles. The molecule has 1 aromatic rings. The number of anilines is 1. The molecule has 108 valence electrons. The average molecular weight is 296 g/mol. The number of benzene rings is 1. The standard InChI is InChI=1S/C14H18ClN3O2/c1-16-14(20)11-5-4-10(6-12(11)15)18-13(19)8-17-7-9-2-3-9/h4-6,9,17H,2-3,7-8H2,1H3,(H,16,20)(H,18,19). The lowest BCUT2D eigenvalue weighted by Crippen LogP contribution is -2.29. The molecule has 0 saturated heterocycles. The van der Waals surface area contributed by atoms with Gasteiger partial charge in [-0.2, -0.15) is 0 Å². The van der Waals surface area contributed by atoms with Gasteiger partial charge in [-0.25, -0.2) is 0 Å². The first-order valence-electron chi connectivity index (χ1n) is 6.62. The summed E-state index contributed by atoms with van der Waals surface area (Å²) in [5, 5.41) is 8.67. The summed E-state index contributed by atoms with van der Waals surface area (Å²) in [4.78, 5) is 23.2. The van der Waals surface area contributed by atoms with Gasteiger partial charge in [0.15, 0.2) is 0 Å². The summed E-state index contributed by atoms with van der Waals surface area (Å²) in [6.45, 7) is 1.18. The normalized spacial score (nSPS) is 13.9. The quantitative estimate of drug-likeness (QED) is 0.747. The summed E-state index contributed by atoms with van der Waals surface area (Å²) < 4.78 is 0. The van der Waals surface area contributed by atoms with Crippen LogP contribution in [0.4, 0.5) is 5.69 Å². The second-order valence-corrected chi connectivity index (χ2v) is 5.30. The molecule has 1 fully saturated rings. The number of amides is 2. The van der Waals surface area contributed by atoms with Crippen molar-refractivity contribution in [1.29, 1.82) is 0 Å². The molecule has 2 amide bonds. The third kappa shape index (κ3) is 4.21. The Hall–Kier alpha value is -1.59. The first kappa shape index (κ1) is 14.8. The van der Waals surface area contributed by atoms with Crippen molar-refractivity contribution < 1.29 is 9.59 Å². The minimum Gasteiger partial charge on any atom is -0.355 e. The van der Waals surface area contributed by atoms with Crippen molar-refractivity contribution in [3.05, 3.63) is 28.8 Å². The van der Waals surface area contributed by atoms with E-state index < -0.39 is 0 Å². The Morgan fingerprint density at radius 1 is 1.35 bits per heavy atom. The minimum atomic E-state index is -0.251. The molecule has 0 heterocycles. The number of hydrogen-bond acceptors (Lipinski definition) is 3. The molecule has 6 heteroatoms. The van der Waals surface area contributed by atoms with Crippen LogP contribution in [0.1, 0.15) is 23.2 Å². The molecule has 0 unspecified atom stereocenters. The van der Waals surface area contributed by atoms with Gasteiger partial charge in [0.2, 0.25) is 5.91 Å². The van der Waals surface area contributed by atoms with Crippen LogP contribution in [0.3, 0.4) is 0 Å². The lowest BCUT2D eigenvalue weighted by Gasteiger charge is -2.08. The van der Waals surface area contributed by atoms with Crippen molar-refractivity contribution in [1.82, 2.24) is 10.6 Å². The van der Waals surface area contributed by atoms with E-state index in [-0.39, 0.29) is 18.4 Å². The zero-order valence-electron chi connectivity index (χ0n) is 11.3. The van der Waals surface area contributed by atoms with Gasteiger partial charge in [-0.05, 0) is 43.5 Å².